The Morgan fingerprint density at radius 3 is 2.69 bits per heavy atom. The molecule has 144 valence electrons. The summed E-state index contributed by atoms with van der Waals surface area (Å²) < 4.78 is 5.44. The van der Waals surface area contributed by atoms with Gasteiger partial charge in [0, 0.05) is 28.6 Å². The number of hydrogen-bond donors (Lipinski definition) is 1. The number of thiazole rings is 1. The van der Waals surface area contributed by atoms with Crippen molar-refractivity contribution in [2.45, 2.75) is 6.42 Å². The molecule has 0 atom stereocenters. The summed E-state index contributed by atoms with van der Waals surface area (Å²) in [5.41, 5.74) is 2.50. The molecule has 0 saturated carbocycles. The molecule has 0 radical (unpaired) electrons. The highest BCUT2D eigenvalue weighted by molar-refractivity contribution is 7.14. The summed E-state index contributed by atoms with van der Waals surface area (Å²) in [4.78, 5) is 31.4. The van der Waals surface area contributed by atoms with Crippen LogP contribution in [0.1, 0.15) is 5.69 Å². The molecule has 0 aliphatic carbocycles. The predicted molar refractivity (Wildman–Crippen MR) is 108 cm³/mol. The van der Waals surface area contributed by atoms with Gasteiger partial charge in [0.2, 0.25) is 11.8 Å². The van der Waals surface area contributed by atoms with E-state index in [4.69, 9.17) is 4.42 Å². The number of hydrogen-bond acceptors (Lipinski definition) is 7. The van der Waals surface area contributed by atoms with Crippen molar-refractivity contribution in [3.8, 4) is 22.7 Å². The number of benzene rings is 2. The Morgan fingerprint density at radius 2 is 1.90 bits per heavy atom. The van der Waals surface area contributed by atoms with Crippen LogP contribution < -0.4 is 5.32 Å². The highest BCUT2D eigenvalue weighted by atomic mass is 32.1. The van der Waals surface area contributed by atoms with Gasteiger partial charge in [-0.15, -0.1) is 11.3 Å². The van der Waals surface area contributed by atoms with Crippen LogP contribution in [0.4, 0.5) is 10.8 Å². The van der Waals surface area contributed by atoms with Crippen LogP contribution in [0.2, 0.25) is 0 Å². The first-order valence-corrected chi connectivity index (χ1v) is 9.46. The molecule has 0 unspecified atom stereocenters. The molecular weight excluding hydrogens is 392 g/mol. The van der Waals surface area contributed by atoms with Crippen LogP contribution >= 0.6 is 11.3 Å². The number of amides is 1. The Bertz CT molecular complexity index is 1170. The zero-order valence-electron chi connectivity index (χ0n) is 14.9. The molecule has 2 heterocycles. The van der Waals surface area contributed by atoms with E-state index in [0.29, 0.717) is 28.0 Å². The smallest absolute Gasteiger partial charge is 0.270 e. The monoisotopic (exact) mass is 406 g/mol. The molecule has 1 N–H and O–H groups in total. The summed E-state index contributed by atoms with van der Waals surface area (Å²) >= 11 is 1.24. The van der Waals surface area contributed by atoms with Crippen molar-refractivity contribution in [1.29, 1.82) is 0 Å². The fourth-order valence-corrected chi connectivity index (χ4v) is 3.41. The first-order valence-electron chi connectivity index (χ1n) is 8.58. The van der Waals surface area contributed by atoms with Gasteiger partial charge in [0.1, 0.15) is 6.26 Å². The van der Waals surface area contributed by atoms with Crippen LogP contribution in [-0.4, -0.2) is 20.8 Å². The molecule has 8 nitrogen and oxygen atoms in total. The van der Waals surface area contributed by atoms with E-state index in [9.17, 15) is 14.9 Å². The minimum Gasteiger partial charge on any atom is -0.444 e. The Kier molecular flexibility index (Phi) is 5.12. The van der Waals surface area contributed by atoms with Crippen molar-refractivity contribution in [1.82, 2.24) is 9.97 Å². The second-order valence-electron chi connectivity index (χ2n) is 6.08. The van der Waals surface area contributed by atoms with Crippen LogP contribution in [-0.2, 0) is 11.2 Å². The quantitative estimate of drug-likeness (QED) is 0.371. The fraction of sp³-hybridized carbons (Fsp3) is 0.0500. The van der Waals surface area contributed by atoms with Crippen LogP contribution in [0, 0.1) is 10.1 Å². The van der Waals surface area contributed by atoms with Gasteiger partial charge >= 0.3 is 0 Å². The van der Waals surface area contributed by atoms with Gasteiger partial charge in [0.15, 0.2) is 5.13 Å². The third-order valence-electron chi connectivity index (χ3n) is 4.02. The van der Waals surface area contributed by atoms with Crippen LogP contribution in [0.5, 0.6) is 0 Å². The lowest BCUT2D eigenvalue weighted by atomic mass is 10.1. The first kappa shape index (κ1) is 18.5. The van der Waals surface area contributed by atoms with Gasteiger partial charge in [-0.25, -0.2) is 9.97 Å². The van der Waals surface area contributed by atoms with E-state index >= 15 is 0 Å². The molecule has 4 rings (SSSR count). The predicted octanol–water partition coefficient (Wildman–Crippen LogP) is 4.55. The molecule has 2 aromatic carbocycles. The number of nitrogens with one attached hydrogen (secondary N) is 1. The second kappa shape index (κ2) is 8.03. The van der Waals surface area contributed by atoms with E-state index in [1.165, 1.54) is 29.7 Å². The maximum atomic E-state index is 12.3. The normalized spacial score (nSPS) is 10.6. The number of oxazole rings is 1. The van der Waals surface area contributed by atoms with E-state index in [-0.39, 0.29) is 18.0 Å². The fourth-order valence-electron chi connectivity index (χ4n) is 2.67. The Labute approximate surface area is 169 Å². The number of carbonyl (C=O) groups excluding carboxylic acids is 1. The number of nitro benzene ring substituents is 1. The second-order valence-corrected chi connectivity index (χ2v) is 6.94. The Balaban J connectivity index is 1.42. The highest BCUT2D eigenvalue weighted by Crippen LogP contribution is 2.27. The number of nitro groups is 1. The van der Waals surface area contributed by atoms with E-state index in [1.807, 2.05) is 30.3 Å². The molecule has 29 heavy (non-hydrogen) atoms. The Morgan fingerprint density at radius 1 is 1.10 bits per heavy atom. The number of non-ortho nitro benzene ring substituents is 1. The lowest BCUT2D eigenvalue weighted by Gasteiger charge is -1.99. The summed E-state index contributed by atoms with van der Waals surface area (Å²) in [7, 11) is 0. The molecule has 0 bridgehead atoms. The largest absolute Gasteiger partial charge is 0.444 e. The maximum absolute atomic E-state index is 12.3. The van der Waals surface area contributed by atoms with Crippen molar-refractivity contribution in [2.24, 2.45) is 0 Å². The van der Waals surface area contributed by atoms with Gasteiger partial charge in [-0.1, -0.05) is 30.3 Å². The lowest BCUT2D eigenvalue weighted by molar-refractivity contribution is -0.384. The van der Waals surface area contributed by atoms with Gasteiger partial charge in [-0.3, -0.25) is 14.9 Å². The van der Waals surface area contributed by atoms with Crippen molar-refractivity contribution in [2.75, 3.05) is 5.32 Å². The molecule has 0 spiro atoms. The third-order valence-corrected chi connectivity index (χ3v) is 4.78. The van der Waals surface area contributed by atoms with Crippen molar-refractivity contribution in [3.05, 3.63) is 82.0 Å². The zero-order chi connectivity index (χ0) is 20.2. The Hall–Kier alpha value is -3.85. The minimum absolute atomic E-state index is 0.0126. The summed E-state index contributed by atoms with van der Waals surface area (Å²) in [5.74, 6) is 0.175. The standard InChI is InChI=1S/C20H14N4O4S/c25-18(10-15-11-28-19(21-15)13-5-2-1-3-6-13)23-20-22-17(12-29-20)14-7-4-8-16(9-14)24(26)27/h1-9,11-12H,10H2,(H,22,23,25). The van der Waals surface area contributed by atoms with Crippen molar-refractivity contribution < 1.29 is 14.1 Å². The highest BCUT2D eigenvalue weighted by Gasteiger charge is 2.14. The molecule has 0 aliphatic heterocycles. The average molecular weight is 406 g/mol. The number of anilines is 1. The molecular formula is C20H14N4O4S. The molecule has 0 aliphatic rings. The van der Waals surface area contributed by atoms with Crippen molar-refractivity contribution in [3.63, 3.8) is 0 Å². The summed E-state index contributed by atoms with van der Waals surface area (Å²) in [6, 6.07) is 15.6. The van der Waals surface area contributed by atoms with Gasteiger partial charge in [-0.2, -0.15) is 0 Å². The number of aromatic nitrogens is 2. The average Bonchev–Trinajstić information content (AvgIpc) is 3.38. The van der Waals surface area contributed by atoms with Crippen LogP contribution in [0.15, 0.2) is 70.7 Å². The number of rotatable bonds is 6. The summed E-state index contributed by atoms with van der Waals surface area (Å²) in [6.45, 7) is 0. The minimum atomic E-state index is -0.458. The van der Waals surface area contributed by atoms with Gasteiger partial charge in [0.25, 0.3) is 5.69 Å². The SMILES string of the molecule is O=C(Cc1coc(-c2ccccc2)n1)Nc1nc(-c2cccc([N+](=O)[O-])c2)cs1. The van der Waals surface area contributed by atoms with Gasteiger partial charge in [-0.05, 0) is 12.1 Å². The molecule has 0 fully saturated rings. The molecule has 9 heteroatoms. The van der Waals surface area contributed by atoms with Gasteiger partial charge < -0.3 is 9.73 Å². The molecule has 1 amide bonds. The number of nitrogens with zero attached hydrogens (tertiary/aromatic N) is 3. The van der Waals surface area contributed by atoms with Crippen molar-refractivity contribution >= 4 is 28.1 Å². The summed E-state index contributed by atoms with van der Waals surface area (Å²) in [6.07, 6.45) is 1.50. The van der Waals surface area contributed by atoms with E-state index < -0.39 is 4.92 Å². The topological polar surface area (TPSA) is 111 Å². The molecule has 4 aromatic rings. The first-order chi connectivity index (χ1) is 14.1. The molecule has 2 aromatic heterocycles. The lowest BCUT2D eigenvalue weighted by Crippen LogP contribution is -2.14. The van der Waals surface area contributed by atoms with Gasteiger partial charge in [0.05, 0.1) is 22.7 Å². The van der Waals surface area contributed by atoms with E-state index in [1.54, 1.807) is 17.5 Å². The maximum Gasteiger partial charge on any atom is 0.270 e. The molecule has 0 saturated heterocycles. The van der Waals surface area contributed by atoms with E-state index in [2.05, 4.69) is 15.3 Å². The van der Waals surface area contributed by atoms with E-state index in [0.717, 1.165) is 5.56 Å². The van der Waals surface area contributed by atoms with Crippen LogP contribution in [0.3, 0.4) is 0 Å². The van der Waals surface area contributed by atoms with Crippen LogP contribution in [0.25, 0.3) is 22.7 Å². The summed E-state index contributed by atoms with van der Waals surface area (Å²) in [5, 5.41) is 15.8. The third kappa shape index (κ3) is 4.36. The zero-order valence-corrected chi connectivity index (χ0v) is 15.8. The number of carbonyl (C=O) groups is 1.